The van der Waals surface area contributed by atoms with E-state index in [1.807, 2.05) is 25.8 Å². The fourth-order valence-corrected chi connectivity index (χ4v) is 1.41. The number of nitrogens with zero attached hydrogens (tertiary/aromatic N) is 1. The molecule has 0 aliphatic carbocycles. The molecule has 0 saturated carbocycles. The monoisotopic (exact) mass is 273 g/mol. The van der Waals surface area contributed by atoms with Gasteiger partial charge in [0.15, 0.2) is 0 Å². The highest BCUT2D eigenvalue weighted by Crippen LogP contribution is 1.97. The van der Waals surface area contributed by atoms with Crippen LogP contribution in [-0.2, 0) is 9.53 Å². The van der Waals surface area contributed by atoms with Crippen molar-refractivity contribution in [1.82, 2.24) is 15.5 Å². The van der Waals surface area contributed by atoms with Crippen molar-refractivity contribution in [2.45, 2.75) is 33.2 Å². The standard InChI is InChI=1S/C13H27N3O3/c1-10(2)9-14-13(18)15-12(17)11(3)16(4)7-6-8-19-5/h10-11H,6-9H2,1-5H3,(H2,14,15,17,18). The van der Waals surface area contributed by atoms with Gasteiger partial charge in [-0.2, -0.15) is 0 Å². The summed E-state index contributed by atoms with van der Waals surface area (Å²) in [5.74, 6) is 0.0659. The Morgan fingerprint density at radius 3 is 2.42 bits per heavy atom. The molecule has 0 rings (SSSR count). The van der Waals surface area contributed by atoms with Crippen molar-refractivity contribution >= 4 is 11.9 Å². The van der Waals surface area contributed by atoms with Crippen molar-refractivity contribution < 1.29 is 14.3 Å². The van der Waals surface area contributed by atoms with Crippen LogP contribution in [0, 0.1) is 5.92 Å². The van der Waals surface area contributed by atoms with Crippen LogP contribution >= 0.6 is 0 Å². The average molecular weight is 273 g/mol. The zero-order valence-corrected chi connectivity index (χ0v) is 12.7. The predicted octanol–water partition coefficient (Wildman–Crippen LogP) is 0.825. The fourth-order valence-electron chi connectivity index (χ4n) is 1.41. The summed E-state index contributed by atoms with van der Waals surface area (Å²) >= 11 is 0. The van der Waals surface area contributed by atoms with E-state index < -0.39 is 6.03 Å². The normalized spacial score (nSPS) is 12.6. The lowest BCUT2D eigenvalue weighted by atomic mass is 10.2. The number of hydrogen-bond donors (Lipinski definition) is 2. The third-order valence-electron chi connectivity index (χ3n) is 2.81. The van der Waals surface area contributed by atoms with Gasteiger partial charge in [-0.25, -0.2) is 4.79 Å². The molecule has 0 bridgehead atoms. The first-order valence-corrected chi connectivity index (χ1v) is 6.66. The fraction of sp³-hybridized carbons (Fsp3) is 0.846. The molecule has 0 radical (unpaired) electrons. The Bertz CT molecular complexity index is 282. The highest BCUT2D eigenvalue weighted by atomic mass is 16.5. The number of rotatable bonds is 8. The minimum Gasteiger partial charge on any atom is -0.385 e. The largest absolute Gasteiger partial charge is 0.385 e. The highest BCUT2D eigenvalue weighted by Gasteiger charge is 2.19. The maximum Gasteiger partial charge on any atom is 0.321 e. The molecule has 6 heteroatoms. The Kier molecular flexibility index (Phi) is 9.16. The third kappa shape index (κ3) is 8.56. The van der Waals surface area contributed by atoms with Crippen LogP contribution in [-0.4, -0.2) is 56.7 Å². The highest BCUT2D eigenvalue weighted by molar-refractivity contribution is 5.96. The topological polar surface area (TPSA) is 70.7 Å². The zero-order chi connectivity index (χ0) is 14.8. The van der Waals surface area contributed by atoms with Crippen molar-refractivity contribution in [3.05, 3.63) is 0 Å². The van der Waals surface area contributed by atoms with E-state index in [2.05, 4.69) is 10.6 Å². The molecule has 0 spiro atoms. The molecule has 6 nitrogen and oxygen atoms in total. The van der Waals surface area contributed by atoms with Gasteiger partial charge in [0.1, 0.15) is 0 Å². The van der Waals surface area contributed by atoms with Gasteiger partial charge in [-0.05, 0) is 26.3 Å². The smallest absolute Gasteiger partial charge is 0.321 e. The second-order valence-corrected chi connectivity index (χ2v) is 5.10. The van der Waals surface area contributed by atoms with Crippen molar-refractivity contribution in [1.29, 1.82) is 0 Å². The summed E-state index contributed by atoms with van der Waals surface area (Å²) in [5, 5.41) is 4.99. The van der Waals surface area contributed by atoms with Crippen LogP contribution in [0.15, 0.2) is 0 Å². The third-order valence-corrected chi connectivity index (χ3v) is 2.81. The molecular formula is C13H27N3O3. The lowest BCUT2D eigenvalue weighted by Crippen LogP contribution is -2.49. The maximum absolute atomic E-state index is 11.8. The zero-order valence-electron chi connectivity index (χ0n) is 12.7. The quantitative estimate of drug-likeness (QED) is 0.643. The van der Waals surface area contributed by atoms with Crippen LogP contribution < -0.4 is 10.6 Å². The van der Waals surface area contributed by atoms with Crippen LogP contribution in [0.4, 0.5) is 4.79 Å². The molecule has 0 aliphatic rings. The van der Waals surface area contributed by atoms with Gasteiger partial charge in [0.25, 0.3) is 0 Å². The lowest BCUT2D eigenvalue weighted by Gasteiger charge is -2.23. The van der Waals surface area contributed by atoms with E-state index >= 15 is 0 Å². The Hall–Kier alpha value is -1.14. The van der Waals surface area contributed by atoms with E-state index in [1.54, 1.807) is 14.0 Å². The van der Waals surface area contributed by atoms with Gasteiger partial charge in [-0.1, -0.05) is 13.8 Å². The summed E-state index contributed by atoms with van der Waals surface area (Å²) in [6, 6.07) is -0.780. The minimum atomic E-state index is -0.434. The number of nitrogens with one attached hydrogen (secondary N) is 2. The van der Waals surface area contributed by atoms with Crippen LogP contribution in [0.5, 0.6) is 0 Å². The number of methoxy groups -OCH3 is 1. The molecule has 0 aromatic rings. The van der Waals surface area contributed by atoms with Crippen LogP contribution in [0.3, 0.4) is 0 Å². The van der Waals surface area contributed by atoms with E-state index in [9.17, 15) is 9.59 Å². The Labute approximate surface area is 115 Å². The molecular weight excluding hydrogens is 246 g/mol. The molecule has 19 heavy (non-hydrogen) atoms. The molecule has 1 atom stereocenters. The number of urea groups is 1. The van der Waals surface area contributed by atoms with Gasteiger partial charge >= 0.3 is 6.03 Å². The summed E-state index contributed by atoms with van der Waals surface area (Å²) in [5.41, 5.74) is 0. The first kappa shape index (κ1) is 17.9. The first-order chi connectivity index (χ1) is 8.88. The summed E-state index contributed by atoms with van der Waals surface area (Å²) in [7, 11) is 3.50. The molecule has 0 heterocycles. The number of hydrogen-bond acceptors (Lipinski definition) is 4. The lowest BCUT2D eigenvalue weighted by molar-refractivity contribution is -0.124. The van der Waals surface area contributed by atoms with E-state index in [0.717, 1.165) is 13.0 Å². The minimum absolute atomic E-state index is 0.291. The van der Waals surface area contributed by atoms with E-state index in [1.165, 1.54) is 0 Å². The summed E-state index contributed by atoms with van der Waals surface area (Å²) < 4.78 is 4.96. The maximum atomic E-state index is 11.8. The number of likely N-dealkylation sites (N-methyl/N-ethyl adjacent to an activating group) is 1. The van der Waals surface area contributed by atoms with Gasteiger partial charge in [-0.15, -0.1) is 0 Å². The van der Waals surface area contributed by atoms with Gasteiger partial charge in [0.05, 0.1) is 6.04 Å². The van der Waals surface area contributed by atoms with Crippen LogP contribution in [0.1, 0.15) is 27.2 Å². The van der Waals surface area contributed by atoms with Crippen molar-refractivity contribution in [2.75, 3.05) is 33.9 Å². The average Bonchev–Trinajstić information content (AvgIpc) is 2.35. The Balaban J connectivity index is 4.00. The second-order valence-electron chi connectivity index (χ2n) is 5.10. The van der Waals surface area contributed by atoms with Gasteiger partial charge in [0.2, 0.25) is 5.91 Å². The molecule has 0 aliphatic heterocycles. The first-order valence-electron chi connectivity index (χ1n) is 6.66. The summed E-state index contributed by atoms with van der Waals surface area (Å²) in [4.78, 5) is 25.2. The van der Waals surface area contributed by atoms with Crippen molar-refractivity contribution in [2.24, 2.45) is 5.92 Å². The van der Waals surface area contributed by atoms with Crippen LogP contribution in [0.25, 0.3) is 0 Å². The number of carbonyl (C=O) groups excluding carboxylic acids is 2. The van der Waals surface area contributed by atoms with Crippen molar-refractivity contribution in [3.63, 3.8) is 0 Å². The van der Waals surface area contributed by atoms with Crippen LogP contribution in [0.2, 0.25) is 0 Å². The molecule has 0 saturated heterocycles. The molecule has 2 N–H and O–H groups in total. The molecule has 0 aromatic carbocycles. The SMILES string of the molecule is COCCCN(C)C(C)C(=O)NC(=O)NCC(C)C. The number of imide groups is 1. The molecule has 0 aromatic heterocycles. The summed E-state index contributed by atoms with van der Waals surface area (Å²) in [6.07, 6.45) is 0.851. The van der Waals surface area contributed by atoms with Crippen molar-refractivity contribution in [3.8, 4) is 0 Å². The molecule has 112 valence electrons. The van der Waals surface area contributed by atoms with Gasteiger partial charge in [-0.3, -0.25) is 15.0 Å². The molecule has 0 fully saturated rings. The number of carbonyl (C=O) groups is 2. The molecule has 1 unspecified atom stereocenters. The molecule has 3 amide bonds. The second kappa shape index (κ2) is 9.75. The number of amides is 3. The predicted molar refractivity (Wildman–Crippen MR) is 75.0 cm³/mol. The van der Waals surface area contributed by atoms with Gasteiger partial charge in [0, 0.05) is 26.8 Å². The van der Waals surface area contributed by atoms with E-state index in [4.69, 9.17) is 4.74 Å². The Morgan fingerprint density at radius 1 is 1.26 bits per heavy atom. The van der Waals surface area contributed by atoms with E-state index in [0.29, 0.717) is 19.1 Å². The van der Waals surface area contributed by atoms with Gasteiger partial charge < -0.3 is 10.1 Å². The summed E-state index contributed by atoms with van der Waals surface area (Å²) in [6.45, 7) is 7.72. The number of ether oxygens (including phenoxy) is 1. The Morgan fingerprint density at radius 2 is 1.89 bits per heavy atom. The van der Waals surface area contributed by atoms with E-state index in [-0.39, 0.29) is 11.9 Å².